The van der Waals surface area contributed by atoms with E-state index in [9.17, 15) is 9.59 Å². The van der Waals surface area contributed by atoms with Crippen LogP contribution >= 0.6 is 11.3 Å². The Morgan fingerprint density at radius 1 is 1.19 bits per heavy atom. The molecule has 1 aromatic carbocycles. The molecule has 2 amide bonds. The maximum absolute atomic E-state index is 12.8. The summed E-state index contributed by atoms with van der Waals surface area (Å²) in [7, 11) is 0. The van der Waals surface area contributed by atoms with Crippen LogP contribution in [0.5, 0.6) is 0 Å². The van der Waals surface area contributed by atoms with Crippen molar-refractivity contribution < 1.29 is 9.59 Å². The van der Waals surface area contributed by atoms with Gasteiger partial charge in [0.2, 0.25) is 11.8 Å². The molecular weight excluding hydrogens is 358 g/mol. The van der Waals surface area contributed by atoms with Crippen molar-refractivity contribution in [1.29, 1.82) is 0 Å². The summed E-state index contributed by atoms with van der Waals surface area (Å²) in [6.07, 6.45) is 10.9. The van der Waals surface area contributed by atoms with Gasteiger partial charge in [-0.1, -0.05) is 49.6 Å². The van der Waals surface area contributed by atoms with E-state index >= 15 is 0 Å². The van der Waals surface area contributed by atoms with Gasteiger partial charge in [0.1, 0.15) is 6.54 Å². The fourth-order valence-corrected chi connectivity index (χ4v) is 3.91. The molecule has 27 heavy (non-hydrogen) atoms. The first kappa shape index (κ1) is 19.3. The van der Waals surface area contributed by atoms with Crippen LogP contribution in [0.1, 0.15) is 37.7 Å². The van der Waals surface area contributed by atoms with Gasteiger partial charge < -0.3 is 10.2 Å². The van der Waals surface area contributed by atoms with E-state index < -0.39 is 0 Å². The second-order valence-corrected chi connectivity index (χ2v) is 7.75. The summed E-state index contributed by atoms with van der Waals surface area (Å²) >= 11 is 1.37. The van der Waals surface area contributed by atoms with Crippen molar-refractivity contribution in [3.8, 4) is 0 Å². The molecule has 1 aromatic heterocycles. The highest BCUT2D eigenvalue weighted by atomic mass is 32.1. The molecule has 1 saturated carbocycles. The second kappa shape index (κ2) is 10.0. The number of carbonyl (C=O) groups excluding carboxylic acids is 2. The maximum atomic E-state index is 12.8. The van der Waals surface area contributed by atoms with Crippen molar-refractivity contribution >= 4 is 34.4 Å². The Labute approximate surface area is 164 Å². The summed E-state index contributed by atoms with van der Waals surface area (Å²) in [5, 5.41) is 5.14. The predicted molar refractivity (Wildman–Crippen MR) is 109 cm³/mol. The number of nitrogens with zero attached hydrogens (tertiary/aromatic N) is 2. The SMILES string of the molecule is O=C(CN(CC1CCCCC1)C(=O)C=Cc1ccccc1)Nc1nccs1. The Bertz CT molecular complexity index is 753. The highest BCUT2D eigenvalue weighted by molar-refractivity contribution is 7.13. The molecule has 5 nitrogen and oxygen atoms in total. The van der Waals surface area contributed by atoms with Crippen molar-refractivity contribution in [2.45, 2.75) is 32.1 Å². The normalized spacial score (nSPS) is 15.0. The molecule has 3 rings (SSSR count). The highest BCUT2D eigenvalue weighted by Crippen LogP contribution is 2.24. The minimum atomic E-state index is -0.206. The summed E-state index contributed by atoms with van der Waals surface area (Å²) in [6, 6.07) is 9.71. The van der Waals surface area contributed by atoms with Gasteiger partial charge >= 0.3 is 0 Å². The van der Waals surface area contributed by atoms with Crippen LogP contribution in [-0.2, 0) is 9.59 Å². The zero-order chi connectivity index (χ0) is 18.9. The van der Waals surface area contributed by atoms with Gasteiger partial charge in [-0.25, -0.2) is 4.98 Å². The largest absolute Gasteiger partial charge is 0.330 e. The predicted octanol–water partition coefficient (Wildman–Crippen LogP) is 4.20. The van der Waals surface area contributed by atoms with Crippen LogP contribution in [-0.4, -0.2) is 34.8 Å². The number of rotatable bonds is 7. The Kier molecular flexibility index (Phi) is 7.16. The van der Waals surface area contributed by atoms with Gasteiger partial charge in [-0.2, -0.15) is 0 Å². The standard InChI is InChI=1S/C21H25N3O2S/c25-19(23-21-22-13-14-27-21)16-24(15-18-9-5-2-6-10-18)20(26)12-11-17-7-3-1-4-8-17/h1,3-4,7-8,11-14,18H,2,5-6,9-10,15-16H2,(H,22,23,25). The van der Waals surface area contributed by atoms with Gasteiger partial charge in [0.05, 0.1) is 0 Å². The topological polar surface area (TPSA) is 62.3 Å². The van der Waals surface area contributed by atoms with Gasteiger partial charge in [0, 0.05) is 24.2 Å². The molecule has 0 aliphatic heterocycles. The number of nitrogens with one attached hydrogen (secondary N) is 1. The quantitative estimate of drug-likeness (QED) is 0.729. The lowest BCUT2D eigenvalue weighted by Crippen LogP contribution is -2.40. The Balaban J connectivity index is 1.64. The van der Waals surface area contributed by atoms with E-state index in [-0.39, 0.29) is 18.4 Å². The minimum Gasteiger partial charge on any atom is -0.330 e. The molecule has 1 aliphatic carbocycles. The van der Waals surface area contributed by atoms with E-state index in [1.54, 1.807) is 23.2 Å². The Morgan fingerprint density at radius 2 is 1.96 bits per heavy atom. The monoisotopic (exact) mass is 383 g/mol. The summed E-state index contributed by atoms with van der Waals surface area (Å²) in [5.74, 6) is 0.140. The number of thiazole rings is 1. The van der Waals surface area contributed by atoms with Gasteiger partial charge in [-0.05, 0) is 30.4 Å². The van der Waals surface area contributed by atoms with Gasteiger partial charge in [-0.15, -0.1) is 11.3 Å². The third kappa shape index (κ3) is 6.32. The number of amides is 2. The summed E-state index contributed by atoms with van der Waals surface area (Å²) in [5.41, 5.74) is 0.968. The third-order valence-corrected chi connectivity index (χ3v) is 5.43. The average molecular weight is 384 g/mol. The van der Waals surface area contributed by atoms with E-state index in [2.05, 4.69) is 10.3 Å². The molecule has 0 atom stereocenters. The summed E-state index contributed by atoms with van der Waals surface area (Å²) in [4.78, 5) is 30.9. The number of hydrogen-bond acceptors (Lipinski definition) is 4. The van der Waals surface area contributed by atoms with Crippen LogP contribution < -0.4 is 5.32 Å². The molecule has 0 bridgehead atoms. The van der Waals surface area contributed by atoms with Crippen LogP contribution in [0.3, 0.4) is 0 Å². The lowest BCUT2D eigenvalue weighted by atomic mass is 9.89. The highest BCUT2D eigenvalue weighted by Gasteiger charge is 2.22. The van der Waals surface area contributed by atoms with Gasteiger partial charge in [0.25, 0.3) is 0 Å². The molecule has 0 saturated heterocycles. The molecule has 0 spiro atoms. The van der Waals surface area contributed by atoms with Crippen LogP contribution in [0.4, 0.5) is 5.13 Å². The molecule has 1 fully saturated rings. The maximum Gasteiger partial charge on any atom is 0.247 e. The van der Waals surface area contributed by atoms with E-state index in [4.69, 9.17) is 0 Å². The molecule has 142 valence electrons. The van der Waals surface area contributed by atoms with Crippen molar-refractivity contribution in [3.05, 3.63) is 53.5 Å². The van der Waals surface area contributed by atoms with Crippen LogP contribution in [0.25, 0.3) is 6.08 Å². The van der Waals surface area contributed by atoms with Crippen LogP contribution in [0.2, 0.25) is 0 Å². The summed E-state index contributed by atoms with van der Waals surface area (Å²) in [6.45, 7) is 0.678. The first-order valence-electron chi connectivity index (χ1n) is 9.42. The fraction of sp³-hybridized carbons (Fsp3) is 0.381. The van der Waals surface area contributed by atoms with E-state index in [1.807, 2.05) is 35.7 Å². The second-order valence-electron chi connectivity index (χ2n) is 6.85. The van der Waals surface area contributed by atoms with Crippen molar-refractivity contribution in [3.63, 3.8) is 0 Å². The molecule has 2 aromatic rings. The molecule has 1 N–H and O–H groups in total. The lowest BCUT2D eigenvalue weighted by molar-refractivity contribution is -0.131. The number of aromatic nitrogens is 1. The lowest BCUT2D eigenvalue weighted by Gasteiger charge is -2.28. The number of anilines is 1. The zero-order valence-electron chi connectivity index (χ0n) is 15.3. The average Bonchev–Trinajstić information content (AvgIpc) is 3.20. The first-order valence-corrected chi connectivity index (χ1v) is 10.3. The molecule has 1 aliphatic rings. The van der Waals surface area contributed by atoms with Crippen molar-refractivity contribution in [1.82, 2.24) is 9.88 Å². The van der Waals surface area contributed by atoms with Gasteiger partial charge in [-0.3, -0.25) is 9.59 Å². The van der Waals surface area contributed by atoms with E-state index in [0.29, 0.717) is 17.6 Å². The number of carbonyl (C=O) groups is 2. The first-order chi connectivity index (χ1) is 13.2. The zero-order valence-corrected chi connectivity index (χ0v) is 16.2. The Hall–Kier alpha value is -2.47. The molecule has 0 radical (unpaired) electrons. The third-order valence-electron chi connectivity index (χ3n) is 4.75. The Morgan fingerprint density at radius 3 is 2.67 bits per heavy atom. The number of hydrogen-bond donors (Lipinski definition) is 1. The minimum absolute atomic E-state index is 0.0496. The molecule has 1 heterocycles. The van der Waals surface area contributed by atoms with Gasteiger partial charge in [0.15, 0.2) is 5.13 Å². The van der Waals surface area contributed by atoms with Crippen LogP contribution in [0, 0.1) is 5.92 Å². The van der Waals surface area contributed by atoms with E-state index in [0.717, 1.165) is 18.4 Å². The number of benzene rings is 1. The molecule has 0 unspecified atom stereocenters. The van der Waals surface area contributed by atoms with Crippen molar-refractivity contribution in [2.24, 2.45) is 5.92 Å². The molecular formula is C21H25N3O2S. The fourth-order valence-electron chi connectivity index (χ4n) is 3.37. The smallest absolute Gasteiger partial charge is 0.247 e. The van der Waals surface area contributed by atoms with Crippen molar-refractivity contribution in [2.75, 3.05) is 18.4 Å². The van der Waals surface area contributed by atoms with Crippen LogP contribution in [0.15, 0.2) is 48.0 Å². The molecule has 6 heteroatoms. The summed E-state index contributed by atoms with van der Waals surface area (Å²) < 4.78 is 0. The van der Waals surface area contributed by atoms with E-state index in [1.165, 1.54) is 30.6 Å².